The fraction of sp³-hybridized carbons (Fsp3) is 0.217. The Hall–Kier alpha value is -3.24. The van der Waals surface area contributed by atoms with E-state index in [1.165, 1.54) is 36.7 Å². The first-order valence-electron chi connectivity index (χ1n) is 10.2. The van der Waals surface area contributed by atoms with E-state index < -0.39 is 20.0 Å². The summed E-state index contributed by atoms with van der Waals surface area (Å²) in [6, 6.07) is 17.6. The molecule has 0 amide bonds. The van der Waals surface area contributed by atoms with Crippen LogP contribution in [0, 0.1) is 0 Å². The van der Waals surface area contributed by atoms with Crippen molar-refractivity contribution in [2.24, 2.45) is 0 Å². The lowest BCUT2D eigenvalue weighted by Gasteiger charge is -2.31. The molecule has 1 heterocycles. The molecule has 0 unspecified atom stereocenters. The summed E-state index contributed by atoms with van der Waals surface area (Å²) >= 11 is 0. The Balaban J connectivity index is 1.65. The number of sulfonamides is 2. The van der Waals surface area contributed by atoms with Crippen LogP contribution in [0.2, 0.25) is 0 Å². The highest BCUT2D eigenvalue weighted by atomic mass is 32.2. The van der Waals surface area contributed by atoms with Crippen molar-refractivity contribution >= 4 is 31.4 Å². The SMILES string of the molecule is COc1ccc(S(=O)(=O)Nc2ccc3c(c2)CCCN3S(=O)(=O)c2ccccc2)c(OC)c1. The third-order valence-electron chi connectivity index (χ3n) is 5.40. The van der Waals surface area contributed by atoms with Gasteiger partial charge in [-0.15, -0.1) is 0 Å². The fourth-order valence-electron chi connectivity index (χ4n) is 3.80. The Kier molecular flexibility index (Phi) is 6.22. The summed E-state index contributed by atoms with van der Waals surface area (Å²) in [5.74, 6) is 0.624. The number of anilines is 2. The Morgan fingerprint density at radius 2 is 1.64 bits per heavy atom. The summed E-state index contributed by atoms with van der Waals surface area (Å²) in [7, 11) is -4.81. The molecular formula is C23H24N2O6S2. The van der Waals surface area contributed by atoms with Gasteiger partial charge < -0.3 is 9.47 Å². The maximum absolute atomic E-state index is 13.2. The first kappa shape index (κ1) is 22.9. The molecule has 10 heteroatoms. The predicted molar refractivity (Wildman–Crippen MR) is 126 cm³/mol. The molecule has 174 valence electrons. The molecule has 0 aromatic heterocycles. The highest BCUT2D eigenvalue weighted by Crippen LogP contribution is 2.35. The van der Waals surface area contributed by atoms with Crippen molar-refractivity contribution in [1.29, 1.82) is 0 Å². The van der Waals surface area contributed by atoms with Crippen molar-refractivity contribution in [2.45, 2.75) is 22.6 Å². The minimum Gasteiger partial charge on any atom is -0.497 e. The van der Waals surface area contributed by atoms with Gasteiger partial charge in [-0.3, -0.25) is 9.03 Å². The maximum atomic E-state index is 13.2. The third kappa shape index (κ3) is 4.49. The number of benzene rings is 3. The zero-order chi connectivity index (χ0) is 23.6. The largest absolute Gasteiger partial charge is 0.497 e. The summed E-state index contributed by atoms with van der Waals surface area (Å²) in [4.78, 5) is 0.186. The monoisotopic (exact) mass is 488 g/mol. The zero-order valence-electron chi connectivity index (χ0n) is 18.2. The van der Waals surface area contributed by atoms with E-state index in [0.29, 0.717) is 36.5 Å². The lowest BCUT2D eigenvalue weighted by atomic mass is 10.0. The van der Waals surface area contributed by atoms with Gasteiger partial charge in [0.2, 0.25) is 0 Å². The molecule has 1 aliphatic heterocycles. The van der Waals surface area contributed by atoms with E-state index in [-0.39, 0.29) is 15.5 Å². The van der Waals surface area contributed by atoms with Crippen LogP contribution < -0.4 is 18.5 Å². The second-order valence-corrected chi connectivity index (χ2v) is 11.0. The molecule has 1 aliphatic rings. The molecule has 0 bridgehead atoms. The zero-order valence-corrected chi connectivity index (χ0v) is 19.8. The average Bonchev–Trinajstić information content (AvgIpc) is 2.83. The van der Waals surface area contributed by atoms with Crippen LogP contribution in [-0.4, -0.2) is 37.6 Å². The van der Waals surface area contributed by atoms with Gasteiger partial charge >= 0.3 is 0 Å². The van der Waals surface area contributed by atoms with Crippen molar-refractivity contribution in [2.75, 3.05) is 29.8 Å². The maximum Gasteiger partial charge on any atom is 0.265 e. The molecule has 0 radical (unpaired) electrons. The topological polar surface area (TPSA) is 102 Å². The summed E-state index contributed by atoms with van der Waals surface area (Å²) < 4.78 is 66.7. The molecule has 33 heavy (non-hydrogen) atoms. The number of nitrogens with one attached hydrogen (secondary N) is 1. The number of hydrogen-bond acceptors (Lipinski definition) is 6. The standard InChI is InChI=1S/C23H24N2O6S2/c1-30-19-11-13-23(22(16-19)31-2)32(26,27)24-18-10-12-21-17(15-18)7-6-14-25(21)33(28,29)20-8-4-3-5-9-20/h3-5,8-13,15-16,24H,6-7,14H2,1-2H3. The lowest BCUT2D eigenvalue weighted by molar-refractivity contribution is 0.386. The number of methoxy groups -OCH3 is 2. The second kappa shape index (κ2) is 8.95. The number of aryl methyl sites for hydroxylation is 1. The van der Waals surface area contributed by atoms with Gasteiger partial charge in [0.1, 0.15) is 16.4 Å². The van der Waals surface area contributed by atoms with Gasteiger partial charge in [-0.2, -0.15) is 0 Å². The highest BCUT2D eigenvalue weighted by molar-refractivity contribution is 7.93. The molecule has 0 spiro atoms. The molecule has 8 nitrogen and oxygen atoms in total. The number of ether oxygens (including phenoxy) is 2. The van der Waals surface area contributed by atoms with E-state index in [1.54, 1.807) is 48.5 Å². The van der Waals surface area contributed by atoms with Crippen LogP contribution >= 0.6 is 0 Å². The van der Waals surface area contributed by atoms with Crippen LogP contribution in [0.25, 0.3) is 0 Å². The van der Waals surface area contributed by atoms with Crippen molar-refractivity contribution in [3.05, 3.63) is 72.3 Å². The van der Waals surface area contributed by atoms with Crippen LogP contribution in [0.4, 0.5) is 11.4 Å². The molecule has 1 N–H and O–H groups in total. The van der Waals surface area contributed by atoms with Gasteiger partial charge in [-0.1, -0.05) is 18.2 Å². The van der Waals surface area contributed by atoms with E-state index in [1.807, 2.05) is 0 Å². The third-order valence-corrected chi connectivity index (χ3v) is 8.65. The van der Waals surface area contributed by atoms with Gasteiger partial charge in [0, 0.05) is 18.3 Å². The highest BCUT2D eigenvalue weighted by Gasteiger charge is 2.29. The molecule has 0 atom stereocenters. The van der Waals surface area contributed by atoms with E-state index in [2.05, 4.69) is 4.72 Å². The smallest absolute Gasteiger partial charge is 0.265 e. The van der Waals surface area contributed by atoms with Gasteiger partial charge in [-0.05, 0) is 60.9 Å². The van der Waals surface area contributed by atoms with Gasteiger partial charge in [0.05, 0.1) is 24.8 Å². The second-order valence-electron chi connectivity index (χ2n) is 7.46. The molecule has 0 aliphatic carbocycles. The minimum atomic E-state index is -3.95. The van der Waals surface area contributed by atoms with E-state index in [4.69, 9.17) is 9.47 Å². The Bertz CT molecular complexity index is 1370. The Morgan fingerprint density at radius 3 is 2.33 bits per heavy atom. The van der Waals surface area contributed by atoms with Gasteiger partial charge in [-0.25, -0.2) is 16.8 Å². The molecule has 4 rings (SSSR count). The van der Waals surface area contributed by atoms with Crippen molar-refractivity contribution in [3.63, 3.8) is 0 Å². The molecule has 3 aromatic carbocycles. The van der Waals surface area contributed by atoms with Gasteiger partial charge in [0.15, 0.2) is 0 Å². The van der Waals surface area contributed by atoms with Crippen LogP contribution in [0.3, 0.4) is 0 Å². The van der Waals surface area contributed by atoms with E-state index in [0.717, 1.165) is 5.56 Å². The van der Waals surface area contributed by atoms with Crippen LogP contribution in [0.1, 0.15) is 12.0 Å². The molecule has 0 saturated heterocycles. The Labute approximate surface area is 193 Å². The number of hydrogen-bond donors (Lipinski definition) is 1. The number of rotatable bonds is 7. The molecule has 0 fully saturated rings. The predicted octanol–water partition coefficient (Wildman–Crippen LogP) is 3.65. The lowest BCUT2D eigenvalue weighted by Crippen LogP contribution is -2.35. The quantitative estimate of drug-likeness (QED) is 0.545. The molecular weight excluding hydrogens is 464 g/mol. The van der Waals surface area contributed by atoms with E-state index in [9.17, 15) is 16.8 Å². The number of nitrogens with zero attached hydrogens (tertiary/aromatic N) is 1. The summed E-state index contributed by atoms with van der Waals surface area (Å²) in [5, 5.41) is 0. The van der Waals surface area contributed by atoms with Crippen molar-refractivity contribution in [3.8, 4) is 11.5 Å². The summed E-state index contributed by atoms with van der Waals surface area (Å²) in [6.45, 7) is 0.359. The van der Waals surface area contributed by atoms with Crippen LogP contribution in [0.15, 0.2) is 76.5 Å². The van der Waals surface area contributed by atoms with Crippen molar-refractivity contribution in [1.82, 2.24) is 0 Å². The normalized spacial score (nSPS) is 13.8. The Morgan fingerprint density at radius 1 is 0.879 bits per heavy atom. The van der Waals surface area contributed by atoms with Crippen LogP contribution in [0.5, 0.6) is 11.5 Å². The minimum absolute atomic E-state index is 0.0307. The van der Waals surface area contributed by atoms with Gasteiger partial charge in [0.25, 0.3) is 20.0 Å². The molecule has 0 saturated carbocycles. The molecule has 3 aromatic rings. The first-order chi connectivity index (χ1) is 15.8. The first-order valence-corrected chi connectivity index (χ1v) is 13.1. The van der Waals surface area contributed by atoms with Crippen LogP contribution in [-0.2, 0) is 26.5 Å². The summed E-state index contributed by atoms with van der Waals surface area (Å²) in [5.41, 5.74) is 1.64. The summed E-state index contributed by atoms with van der Waals surface area (Å²) in [6.07, 6.45) is 1.26. The number of fused-ring (bicyclic) bond motifs is 1. The fourth-order valence-corrected chi connectivity index (χ4v) is 6.57. The van der Waals surface area contributed by atoms with E-state index >= 15 is 0 Å². The van der Waals surface area contributed by atoms with Crippen molar-refractivity contribution < 1.29 is 26.3 Å². The average molecular weight is 489 g/mol.